The fraction of sp³-hybridized carbons (Fsp3) is 0.357. The highest BCUT2D eigenvalue weighted by Gasteiger charge is 2.14. The molecule has 2 aromatic rings. The van der Waals surface area contributed by atoms with Gasteiger partial charge in [0.15, 0.2) is 0 Å². The molecule has 5 nitrogen and oxygen atoms in total. The molecule has 1 aromatic heterocycles. The van der Waals surface area contributed by atoms with E-state index in [1.807, 2.05) is 49.9 Å². The van der Waals surface area contributed by atoms with Gasteiger partial charge in [-0.3, -0.25) is 0 Å². The summed E-state index contributed by atoms with van der Waals surface area (Å²) in [6, 6.07) is 8.38. The van der Waals surface area contributed by atoms with Gasteiger partial charge in [0.05, 0.1) is 6.61 Å². The van der Waals surface area contributed by atoms with Crippen molar-refractivity contribution in [3.8, 4) is 6.01 Å². The highest BCUT2D eigenvalue weighted by Crippen LogP contribution is 2.24. The number of anilines is 2. The Morgan fingerprint density at radius 3 is 2.40 bits per heavy atom. The van der Waals surface area contributed by atoms with Crippen LogP contribution in [-0.2, 0) is 0 Å². The third-order valence-electron chi connectivity index (χ3n) is 2.75. The summed E-state index contributed by atoms with van der Waals surface area (Å²) in [5.41, 5.74) is 2.20. The van der Waals surface area contributed by atoms with Gasteiger partial charge in [0.1, 0.15) is 0 Å². The van der Waals surface area contributed by atoms with Gasteiger partial charge < -0.3 is 9.64 Å². The molecule has 0 fully saturated rings. The molecule has 0 unspecified atom stereocenters. The Hall–Kier alpha value is -1.88. The van der Waals surface area contributed by atoms with Crippen LogP contribution in [0.5, 0.6) is 6.01 Å². The Morgan fingerprint density at radius 1 is 1.10 bits per heavy atom. The molecule has 0 N–H and O–H groups in total. The van der Waals surface area contributed by atoms with Crippen molar-refractivity contribution in [1.82, 2.24) is 15.0 Å². The minimum atomic E-state index is 0.129. The SMILES string of the molecule is CCOc1nc(Cl)nc(N(CC)c2ccc(C)cc2)n1. The number of ether oxygens (including phenoxy) is 1. The molecule has 0 bridgehead atoms. The zero-order chi connectivity index (χ0) is 14.5. The first-order valence-corrected chi connectivity index (χ1v) is 6.90. The van der Waals surface area contributed by atoms with Gasteiger partial charge in [0.2, 0.25) is 11.2 Å². The van der Waals surface area contributed by atoms with Gasteiger partial charge >= 0.3 is 6.01 Å². The number of aromatic nitrogens is 3. The highest BCUT2D eigenvalue weighted by atomic mass is 35.5. The van der Waals surface area contributed by atoms with Crippen LogP contribution in [0.25, 0.3) is 0 Å². The van der Waals surface area contributed by atoms with Crippen LogP contribution < -0.4 is 9.64 Å². The Morgan fingerprint density at radius 2 is 1.80 bits per heavy atom. The maximum atomic E-state index is 5.93. The molecule has 20 heavy (non-hydrogen) atoms. The molecule has 0 spiro atoms. The van der Waals surface area contributed by atoms with Crippen molar-refractivity contribution in [3.63, 3.8) is 0 Å². The summed E-state index contributed by atoms with van der Waals surface area (Å²) in [5.74, 6) is 0.486. The van der Waals surface area contributed by atoms with Gasteiger partial charge in [-0.2, -0.15) is 15.0 Å². The normalized spacial score (nSPS) is 10.4. The van der Waals surface area contributed by atoms with Crippen molar-refractivity contribution < 1.29 is 4.74 Å². The molecule has 0 aliphatic heterocycles. The zero-order valence-electron chi connectivity index (χ0n) is 11.8. The van der Waals surface area contributed by atoms with Crippen LogP contribution in [0, 0.1) is 6.92 Å². The van der Waals surface area contributed by atoms with Crippen LogP contribution in [0.4, 0.5) is 11.6 Å². The number of rotatable bonds is 5. The van der Waals surface area contributed by atoms with Gasteiger partial charge in [0, 0.05) is 12.2 Å². The number of aryl methyl sites for hydroxylation is 1. The molecule has 6 heteroatoms. The van der Waals surface area contributed by atoms with E-state index in [1.54, 1.807) is 0 Å². The Balaban J connectivity index is 2.38. The monoisotopic (exact) mass is 292 g/mol. The van der Waals surface area contributed by atoms with Crippen molar-refractivity contribution >= 4 is 23.2 Å². The maximum absolute atomic E-state index is 5.93. The minimum Gasteiger partial charge on any atom is -0.464 e. The first-order valence-electron chi connectivity index (χ1n) is 6.52. The summed E-state index contributed by atoms with van der Waals surface area (Å²) >= 11 is 5.93. The van der Waals surface area contributed by atoms with Gasteiger partial charge in [-0.25, -0.2) is 0 Å². The number of hydrogen-bond acceptors (Lipinski definition) is 5. The second-order valence-corrected chi connectivity index (χ2v) is 4.54. The molecular formula is C14H17ClN4O. The van der Waals surface area contributed by atoms with Crippen molar-refractivity contribution in [3.05, 3.63) is 35.1 Å². The molecule has 0 saturated heterocycles. The van der Waals surface area contributed by atoms with E-state index in [0.717, 1.165) is 12.2 Å². The summed E-state index contributed by atoms with van der Waals surface area (Å²) in [6.07, 6.45) is 0. The van der Waals surface area contributed by atoms with Crippen LogP contribution in [0.2, 0.25) is 5.28 Å². The van der Waals surface area contributed by atoms with Crippen molar-refractivity contribution in [1.29, 1.82) is 0 Å². The fourth-order valence-corrected chi connectivity index (χ4v) is 1.95. The van der Waals surface area contributed by atoms with E-state index < -0.39 is 0 Å². The van der Waals surface area contributed by atoms with Gasteiger partial charge in [-0.1, -0.05) is 17.7 Å². The molecule has 1 heterocycles. The standard InChI is InChI=1S/C14H17ClN4O/c1-4-19(11-8-6-10(3)7-9-11)13-16-12(15)17-14(18-13)20-5-2/h6-9H,4-5H2,1-3H3. The second kappa shape index (κ2) is 6.52. The van der Waals surface area contributed by atoms with Crippen LogP contribution in [0.15, 0.2) is 24.3 Å². The summed E-state index contributed by atoms with van der Waals surface area (Å²) in [7, 11) is 0. The van der Waals surface area contributed by atoms with Crippen LogP contribution in [0.3, 0.4) is 0 Å². The number of hydrogen-bond donors (Lipinski definition) is 0. The van der Waals surface area contributed by atoms with Gasteiger partial charge in [-0.15, -0.1) is 0 Å². The van der Waals surface area contributed by atoms with Crippen molar-refractivity contribution in [2.45, 2.75) is 20.8 Å². The van der Waals surface area contributed by atoms with Crippen molar-refractivity contribution in [2.24, 2.45) is 0 Å². The van der Waals surface area contributed by atoms with E-state index in [4.69, 9.17) is 16.3 Å². The molecule has 0 atom stereocenters. The summed E-state index contributed by atoms with van der Waals surface area (Å²) in [5, 5.41) is 0.129. The molecule has 0 saturated carbocycles. The predicted molar refractivity (Wildman–Crippen MR) is 79.9 cm³/mol. The lowest BCUT2D eigenvalue weighted by Crippen LogP contribution is -2.19. The van der Waals surface area contributed by atoms with E-state index in [1.165, 1.54) is 5.56 Å². The molecule has 0 aliphatic carbocycles. The molecule has 1 aromatic carbocycles. The largest absolute Gasteiger partial charge is 0.464 e. The van der Waals surface area contributed by atoms with E-state index in [-0.39, 0.29) is 11.3 Å². The first kappa shape index (κ1) is 14.5. The lowest BCUT2D eigenvalue weighted by molar-refractivity contribution is 0.311. The lowest BCUT2D eigenvalue weighted by Gasteiger charge is -2.21. The Labute approximate surface area is 123 Å². The van der Waals surface area contributed by atoms with Crippen LogP contribution in [-0.4, -0.2) is 28.1 Å². The number of benzene rings is 1. The predicted octanol–water partition coefficient (Wildman–Crippen LogP) is 3.39. The molecule has 0 radical (unpaired) electrons. The molecule has 0 amide bonds. The first-order chi connectivity index (χ1) is 9.63. The minimum absolute atomic E-state index is 0.129. The Kier molecular flexibility index (Phi) is 4.74. The molecule has 106 valence electrons. The average molecular weight is 293 g/mol. The smallest absolute Gasteiger partial charge is 0.322 e. The lowest BCUT2D eigenvalue weighted by atomic mass is 10.2. The van der Waals surface area contributed by atoms with Crippen molar-refractivity contribution in [2.75, 3.05) is 18.1 Å². The maximum Gasteiger partial charge on any atom is 0.322 e. The number of nitrogens with zero attached hydrogens (tertiary/aromatic N) is 4. The topological polar surface area (TPSA) is 51.1 Å². The summed E-state index contributed by atoms with van der Waals surface area (Å²) in [4.78, 5) is 14.4. The second-order valence-electron chi connectivity index (χ2n) is 4.20. The quantitative estimate of drug-likeness (QED) is 0.845. The average Bonchev–Trinajstić information content (AvgIpc) is 2.41. The fourth-order valence-electron chi connectivity index (χ4n) is 1.80. The third kappa shape index (κ3) is 3.36. The highest BCUT2D eigenvalue weighted by molar-refractivity contribution is 6.28. The summed E-state index contributed by atoms with van der Waals surface area (Å²) in [6.45, 7) is 7.14. The molecular weight excluding hydrogens is 276 g/mol. The zero-order valence-corrected chi connectivity index (χ0v) is 12.6. The van der Waals surface area contributed by atoms with Gasteiger partial charge in [-0.05, 0) is 44.5 Å². The van der Waals surface area contributed by atoms with E-state index in [0.29, 0.717) is 12.6 Å². The molecule has 2 rings (SSSR count). The number of halogens is 1. The van der Waals surface area contributed by atoms with E-state index in [9.17, 15) is 0 Å². The van der Waals surface area contributed by atoms with E-state index in [2.05, 4.69) is 15.0 Å². The van der Waals surface area contributed by atoms with Crippen LogP contribution >= 0.6 is 11.6 Å². The van der Waals surface area contributed by atoms with Gasteiger partial charge in [0.25, 0.3) is 0 Å². The van der Waals surface area contributed by atoms with E-state index >= 15 is 0 Å². The molecule has 0 aliphatic rings. The summed E-state index contributed by atoms with van der Waals surface area (Å²) < 4.78 is 5.30. The third-order valence-corrected chi connectivity index (χ3v) is 2.92. The Bertz CT molecular complexity index is 574. The van der Waals surface area contributed by atoms with Crippen LogP contribution in [0.1, 0.15) is 19.4 Å².